The molecule has 7 heteroatoms. The zero-order valence-corrected chi connectivity index (χ0v) is 17.1. The highest BCUT2D eigenvalue weighted by atomic mass is 19.1. The zero-order valence-electron chi connectivity index (χ0n) is 17.1. The van der Waals surface area contributed by atoms with Crippen molar-refractivity contribution >= 4 is 0 Å². The van der Waals surface area contributed by atoms with Crippen LogP contribution in [0.3, 0.4) is 0 Å². The Labute approximate surface area is 168 Å². The first-order chi connectivity index (χ1) is 13.6. The number of nitrogens with two attached hydrogens (primary N) is 1. The number of halogens is 3. The normalized spacial score (nSPS) is 13.0. The van der Waals surface area contributed by atoms with Crippen molar-refractivity contribution in [3.8, 4) is 11.4 Å². The Hall–Kier alpha value is -2.67. The molecular formula is C22H26F3N4+. The van der Waals surface area contributed by atoms with Crippen LogP contribution in [0.4, 0.5) is 13.2 Å². The van der Waals surface area contributed by atoms with Gasteiger partial charge in [0.15, 0.2) is 0 Å². The number of hydrogen-bond donors (Lipinski definition) is 1. The monoisotopic (exact) mass is 403 g/mol. The fourth-order valence-corrected chi connectivity index (χ4v) is 3.24. The van der Waals surface area contributed by atoms with E-state index in [2.05, 4.69) is 4.98 Å². The van der Waals surface area contributed by atoms with Crippen LogP contribution in [0.1, 0.15) is 45.1 Å². The van der Waals surface area contributed by atoms with Gasteiger partial charge in [-0.05, 0) is 53.2 Å². The molecule has 0 saturated carbocycles. The van der Waals surface area contributed by atoms with Gasteiger partial charge in [0.05, 0.1) is 12.6 Å². The molecule has 154 valence electrons. The summed E-state index contributed by atoms with van der Waals surface area (Å²) in [5.41, 5.74) is 6.96. The van der Waals surface area contributed by atoms with Crippen LogP contribution < -0.4 is 10.4 Å². The first kappa shape index (κ1) is 21.0. The molecule has 3 aromatic rings. The van der Waals surface area contributed by atoms with E-state index in [1.807, 2.05) is 32.4 Å². The molecule has 0 saturated heterocycles. The van der Waals surface area contributed by atoms with Crippen LogP contribution in [-0.4, -0.2) is 9.67 Å². The number of aromatic nitrogens is 3. The lowest BCUT2D eigenvalue weighted by Crippen LogP contribution is -2.46. The smallest absolute Gasteiger partial charge is 0.319 e. The van der Waals surface area contributed by atoms with Crippen LogP contribution >= 0.6 is 0 Å². The molecule has 2 aromatic carbocycles. The van der Waals surface area contributed by atoms with Crippen molar-refractivity contribution in [1.29, 1.82) is 0 Å². The van der Waals surface area contributed by atoms with Gasteiger partial charge in [0.25, 0.3) is 5.82 Å². The quantitative estimate of drug-likeness (QED) is 0.643. The molecule has 0 fully saturated rings. The van der Waals surface area contributed by atoms with E-state index in [0.29, 0.717) is 18.9 Å². The van der Waals surface area contributed by atoms with Crippen molar-refractivity contribution in [2.75, 3.05) is 0 Å². The van der Waals surface area contributed by atoms with Crippen molar-refractivity contribution < 1.29 is 17.9 Å². The van der Waals surface area contributed by atoms with E-state index in [0.717, 1.165) is 23.8 Å². The first-order valence-corrected chi connectivity index (χ1v) is 9.57. The van der Waals surface area contributed by atoms with E-state index in [9.17, 15) is 13.2 Å². The summed E-state index contributed by atoms with van der Waals surface area (Å²) in [5, 5.41) is 0. The molecule has 4 nitrogen and oxygen atoms in total. The van der Waals surface area contributed by atoms with Crippen molar-refractivity contribution in [3.63, 3.8) is 0 Å². The van der Waals surface area contributed by atoms with Gasteiger partial charge in [-0.15, -0.1) is 4.68 Å². The summed E-state index contributed by atoms with van der Waals surface area (Å²) in [6.07, 6.45) is 0. The van der Waals surface area contributed by atoms with Gasteiger partial charge in [-0.3, -0.25) is 0 Å². The number of nitrogens with zero attached hydrogens (tertiary/aromatic N) is 3. The second-order valence-corrected chi connectivity index (χ2v) is 8.16. The molecule has 1 unspecified atom stereocenters. The highest BCUT2D eigenvalue weighted by Gasteiger charge is 2.36. The van der Waals surface area contributed by atoms with Crippen molar-refractivity contribution in [1.82, 2.24) is 9.67 Å². The minimum absolute atomic E-state index is 0.0622. The Morgan fingerprint density at radius 2 is 1.76 bits per heavy atom. The summed E-state index contributed by atoms with van der Waals surface area (Å²) in [5.74, 6) is -0.646. The average Bonchev–Trinajstić information content (AvgIpc) is 3.00. The molecule has 0 bridgehead atoms. The number of benzene rings is 2. The van der Waals surface area contributed by atoms with Gasteiger partial charge in [-0.25, -0.2) is 13.2 Å². The molecule has 2 N–H and O–H groups in total. The minimum Gasteiger partial charge on any atom is -0.319 e. The fourth-order valence-electron chi connectivity index (χ4n) is 3.24. The number of rotatable bonds is 5. The largest absolute Gasteiger partial charge is 0.354 e. The Balaban J connectivity index is 2.23. The van der Waals surface area contributed by atoms with E-state index >= 15 is 0 Å². The van der Waals surface area contributed by atoms with Gasteiger partial charge < -0.3 is 5.73 Å². The van der Waals surface area contributed by atoms with E-state index in [1.165, 1.54) is 12.1 Å². The SMILES string of the molecule is CC[n+]1c(-c2cc(F)ccc2F)nc(C(N)C(C)(C)C)n1Cc1cccc(F)c1. The third-order valence-corrected chi connectivity index (χ3v) is 4.92. The Morgan fingerprint density at radius 3 is 2.38 bits per heavy atom. The maximum Gasteiger partial charge on any atom is 0.354 e. The first-order valence-electron chi connectivity index (χ1n) is 9.57. The molecule has 1 aromatic heterocycles. The van der Waals surface area contributed by atoms with Gasteiger partial charge in [-0.2, -0.15) is 4.68 Å². The summed E-state index contributed by atoms with van der Waals surface area (Å²) in [6.45, 7) is 8.59. The van der Waals surface area contributed by atoms with Gasteiger partial charge in [-0.1, -0.05) is 32.9 Å². The van der Waals surface area contributed by atoms with Gasteiger partial charge in [0, 0.05) is 0 Å². The second-order valence-electron chi connectivity index (χ2n) is 8.16. The standard InChI is InChI=1S/C22H26F3N4/c1-5-28-20(17-12-16(24)9-10-18(17)25)27-21(19(26)22(2,3)4)29(28)13-14-7-6-8-15(23)11-14/h6-12,19H,5,13,26H2,1-4H3/q+1. The topological polar surface area (TPSA) is 47.7 Å². The fraction of sp³-hybridized carbons (Fsp3) is 0.364. The molecule has 0 aliphatic heterocycles. The molecule has 3 rings (SSSR count). The van der Waals surface area contributed by atoms with Gasteiger partial charge in [0.2, 0.25) is 0 Å². The molecule has 0 amide bonds. The van der Waals surface area contributed by atoms with Crippen LogP contribution in [0.15, 0.2) is 42.5 Å². The lowest BCUT2D eigenvalue weighted by atomic mass is 9.87. The van der Waals surface area contributed by atoms with E-state index in [1.54, 1.807) is 16.8 Å². The minimum atomic E-state index is -0.570. The predicted octanol–water partition coefficient (Wildman–Crippen LogP) is 4.37. The molecule has 1 heterocycles. The molecule has 0 aliphatic carbocycles. The van der Waals surface area contributed by atoms with Gasteiger partial charge >= 0.3 is 5.82 Å². The molecule has 29 heavy (non-hydrogen) atoms. The Bertz CT molecular complexity index is 1020. The van der Waals surface area contributed by atoms with Crippen LogP contribution in [0.25, 0.3) is 11.4 Å². The van der Waals surface area contributed by atoms with Crippen molar-refractivity contribution in [2.24, 2.45) is 11.1 Å². The number of hydrogen-bond acceptors (Lipinski definition) is 2. The lowest BCUT2D eigenvalue weighted by Gasteiger charge is -2.24. The maximum absolute atomic E-state index is 14.5. The summed E-state index contributed by atoms with van der Waals surface area (Å²) in [4.78, 5) is 4.64. The molecular weight excluding hydrogens is 377 g/mol. The van der Waals surface area contributed by atoms with Crippen LogP contribution in [0.5, 0.6) is 0 Å². The maximum atomic E-state index is 14.5. The van der Waals surface area contributed by atoms with Crippen LogP contribution in [0.2, 0.25) is 0 Å². The molecule has 1 atom stereocenters. The van der Waals surface area contributed by atoms with Crippen LogP contribution in [-0.2, 0) is 13.1 Å². The third kappa shape index (κ3) is 4.34. The molecule has 0 radical (unpaired) electrons. The van der Waals surface area contributed by atoms with E-state index < -0.39 is 17.7 Å². The van der Waals surface area contributed by atoms with E-state index in [-0.39, 0.29) is 22.6 Å². The predicted molar refractivity (Wildman–Crippen MR) is 105 cm³/mol. The zero-order chi connectivity index (χ0) is 21.3. The summed E-state index contributed by atoms with van der Waals surface area (Å²) in [7, 11) is 0. The summed E-state index contributed by atoms with van der Waals surface area (Å²) >= 11 is 0. The highest BCUT2D eigenvalue weighted by molar-refractivity contribution is 5.53. The Morgan fingerprint density at radius 1 is 1.07 bits per heavy atom. The molecule has 0 aliphatic rings. The van der Waals surface area contributed by atoms with Gasteiger partial charge in [0.1, 0.15) is 29.6 Å². The summed E-state index contributed by atoms with van der Waals surface area (Å²) in [6, 6.07) is 9.06. The Kier molecular flexibility index (Phi) is 5.80. The van der Waals surface area contributed by atoms with Crippen molar-refractivity contribution in [3.05, 3.63) is 71.3 Å². The summed E-state index contributed by atoms with van der Waals surface area (Å²) < 4.78 is 45.7. The average molecular weight is 403 g/mol. The van der Waals surface area contributed by atoms with E-state index in [4.69, 9.17) is 5.73 Å². The van der Waals surface area contributed by atoms with Crippen LogP contribution in [0, 0.1) is 22.9 Å². The third-order valence-electron chi connectivity index (χ3n) is 4.92. The second kappa shape index (κ2) is 7.99. The lowest BCUT2D eigenvalue weighted by molar-refractivity contribution is -0.763. The van der Waals surface area contributed by atoms with Crippen molar-refractivity contribution in [2.45, 2.75) is 46.8 Å². The highest BCUT2D eigenvalue weighted by Crippen LogP contribution is 2.31. The molecule has 0 spiro atoms.